The first kappa shape index (κ1) is 15.5. The summed E-state index contributed by atoms with van der Waals surface area (Å²) in [6, 6.07) is 6.04. The van der Waals surface area contributed by atoms with Crippen LogP contribution in [0.25, 0.3) is 0 Å². The Labute approximate surface area is 115 Å². The largest absolute Gasteiger partial charge is 0.444 e. The number of benzene rings is 1. The maximum Gasteiger partial charge on any atom is 0.412 e. The number of rotatable bonds is 4. The third kappa shape index (κ3) is 5.75. The highest BCUT2D eigenvalue weighted by atomic mass is 16.6. The van der Waals surface area contributed by atoms with Crippen molar-refractivity contribution in [2.24, 2.45) is 5.73 Å². The van der Waals surface area contributed by atoms with Gasteiger partial charge in [0, 0.05) is 5.69 Å². The van der Waals surface area contributed by atoms with Crippen LogP contribution in [0.15, 0.2) is 18.2 Å². The Morgan fingerprint density at radius 2 is 2.05 bits per heavy atom. The summed E-state index contributed by atoms with van der Waals surface area (Å²) in [6.45, 7) is 8.16. The van der Waals surface area contributed by atoms with E-state index >= 15 is 0 Å². The van der Waals surface area contributed by atoms with Gasteiger partial charge in [-0.2, -0.15) is 0 Å². The molecule has 0 saturated carbocycles. The Morgan fingerprint density at radius 1 is 1.37 bits per heavy atom. The fourth-order valence-corrected chi connectivity index (χ4v) is 1.68. The maximum atomic E-state index is 11.8. The zero-order valence-electron chi connectivity index (χ0n) is 12.2. The highest BCUT2D eigenvalue weighted by Gasteiger charge is 2.16. The van der Waals surface area contributed by atoms with Crippen molar-refractivity contribution in [3.63, 3.8) is 0 Å². The summed E-state index contributed by atoms with van der Waals surface area (Å²) >= 11 is 0. The first-order chi connectivity index (χ1) is 8.81. The summed E-state index contributed by atoms with van der Waals surface area (Å²) in [4.78, 5) is 11.8. The van der Waals surface area contributed by atoms with Gasteiger partial charge < -0.3 is 10.5 Å². The van der Waals surface area contributed by atoms with Crippen LogP contribution in [0.4, 0.5) is 10.5 Å². The molecule has 0 spiro atoms. The topological polar surface area (TPSA) is 64.3 Å². The number of carbonyl (C=O) groups is 1. The molecule has 4 heteroatoms. The van der Waals surface area contributed by atoms with Crippen molar-refractivity contribution in [3.05, 3.63) is 29.3 Å². The Balaban J connectivity index is 2.73. The molecule has 1 aromatic rings. The van der Waals surface area contributed by atoms with Crippen molar-refractivity contribution < 1.29 is 9.53 Å². The molecule has 0 saturated heterocycles. The van der Waals surface area contributed by atoms with Gasteiger partial charge in [0.1, 0.15) is 5.60 Å². The first-order valence-corrected chi connectivity index (χ1v) is 6.61. The number of ether oxygens (including phenoxy) is 1. The minimum Gasteiger partial charge on any atom is -0.444 e. The van der Waals surface area contributed by atoms with Gasteiger partial charge in [0.05, 0.1) is 0 Å². The molecule has 4 nitrogen and oxygen atoms in total. The summed E-state index contributed by atoms with van der Waals surface area (Å²) in [7, 11) is 0. The number of hydrogen-bond donors (Lipinski definition) is 2. The van der Waals surface area contributed by atoms with Crippen molar-refractivity contribution in [3.8, 4) is 0 Å². The minimum absolute atomic E-state index is 0.424. The molecule has 0 bridgehead atoms. The summed E-state index contributed by atoms with van der Waals surface area (Å²) in [5, 5.41) is 2.79. The summed E-state index contributed by atoms with van der Waals surface area (Å²) in [5.41, 5.74) is 7.99. The molecular formula is C15H24N2O2. The molecule has 0 heterocycles. The van der Waals surface area contributed by atoms with Gasteiger partial charge in [-0.25, -0.2) is 4.79 Å². The molecule has 1 aromatic carbocycles. The number of amides is 1. The van der Waals surface area contributed by atoms with Crippen molar-refractivity contribution >= 4 is 11.8 Å². The van der Waals surface area contributed by atoms with E-state index in [4.69, 9.17) is 10.5 Å². The number of nitrogens with two attached hydrogens (primary N) is 1. The smallest absolute Gasteiger partial charge is 0.412 e. The van der Waals surface area contributed by atoms with Crippen LogP contribution in [0.1, 0.15) is 38.3 Å². The molecule has 0 aliphatic heterocycles. The summed E-state index contributed by atoms with van der Waals surface area (Å²) in [5.74, 6) is 0. The summed E-state index contributed by atoms with van der Waals surface area (Å²) in [6.07, 6.45) is 1.43. The number of nitrogens with one attached hydrogen (secondary N) is 1. The van der Waals surface area contributed by atoms with Crippen LogP contribution < -0.4 is 11.1 Å². The third-order valence-electron chi connectivity index (χ3n) is 2.61. The first-order valence-electron chi connectivity index (χ1n) is 6.61. The summed E-state index contributed by atoms with van der Waals surface area (Å²) < 4.78 is 5.25. The van der Waals surface area contributed by atoms with Crippen LogP contribution in [0, 0.1) is 6.92 Å². The lowest BCUT2D eigenvalue weighted by molar-refractivity contribution is 0.0636. The Kier molecular flexibility index (Phi) is 5.36. The lowest BCUT2D eigenvalue weighted by Crippen LogP contribution is -2.27. The average Bonchev–Trinajstić information content (AvgIpc) is 2.27. The van der Waals surface area contributed by atoms with E-state index < -0.39 is 11.7 Å². The predicted octanol–water partition coefficient (Wildman–Crippen LogP) is 3.23. The van der Waals surface area contributed by atoms with E-state index in [1.807, 2.05) is 39.8 Å². The van der Waals surface area contributed by atoms with Crippen molar-refractivity contribution in [2.45, 2.75) is 46.1 Å². The van der Waals surface area contributed by atoms with Gasteiger partial charge in [-0.05, 0) is 64.3 Å². The van der Waals surface area contributed by atoms with E-state index in [2.05, 4.69) is 11.4 Å². The molecule has 0 unspecified atom stereocenters. The van der Waals surface area contributed by atoms with Gasteiger partial charge in [0.25, 0.3) is 0 Å². The molecule has 0 fully saturated rings. The highest BCUT2D eigenvalue weighted by Crippen LogP contribution is 2.19. The van der Waals surface area contributed by atoms with Crippen LogP contribution in [0.2, 0.25) is 0 Å². The van der Waals surface area contributed by atoms with E-state index in [0.717, 1.165) is 24.1 Å². The fraction of sp³-hybridized carbons (Fsp3) is 0.533. The van der Waals surface area contributed by atoms with Gasteiger partial charge in [-0.15, -0.1) is 0 Å². The fourth-order valence-electron chi connectivity index (χ4n) is 1.68. The monoisotopic (exact) mass is 264 g/mol. The van der Waals surface area contributed by atoms with Crippen LogP contribution >= 0.6 is 0 Å². The van der Waals surface area contributed by atoms with Gasteiger partial charge in [0.2, 0.25) is 0 Å². The number of aryl methyl sites for hydroxylation is 2. The quantitative estimate of drug-likeness (QED) is 0.877. The number of anilines is 1. The molecule has 0 aliphatic rings. The lowest BCUT2D eigenvalue weighted by atomic mass is 10.1. The van der Waals surface area contributed by atoms with Crippen LogP contribution in [-0.4, -0.2) is 18.2 Å². The van der Waals surface area contributed by atoms with Gasteiger partial charge >= 0.3 is 6.09 Å². The van der Waals surface area contributed by atoms with Crippen molar-refractivity contribution in [1.82, 2.24) is 0 Å². The minimum atomic E-state index is -0.491. The van der Waals surface area contributed by atoms with Crippen LogP contribution in [-0.2, 0) is 11.2 Å². The predicted molar refractivity (Wildman–Crippen MR) is 78.4 cm³/mol. The standard InChI is InChI=1S/C15H24N2O2/c1-11-7-8-12(6-5-9-16)10-13(11)17-14(18)19-15(2,3)4/h7-8,10H,5-6,9,16H2,1-4H3,(H,17,18). The van der Waals surface area contributed by atoms with E-state index in [9.17, 15) is 4.79 Å². The van der Waals surface area contributed by atoms with E-state index in [1.165, 1.54) is 5.56 Å². The molecule has 0 aromatic heterocycles. The maximum absolute atomic E-state index is 11.8. The molecule has 0 radical (unpaired) electrons. The lowest BCUT2D eigenvalue weighted by Gasteiger charge is -2.20. The Bertz CT molecular complexity index is 436. The molecule has 19 heavy (non-hydrogen) atoms. The van der Waals surface area contributed by atoms with Crippen LogP contribution in [0.3, 0.4) is 0 Å². The Morgan fingerprint density at radius 3 is 2.63 bits per heavy atom. The van der Waals surface area contributed by atoms with Gasteiger partial charge in [0.15, 0.2) is 0 Å². The van der Waals surface area contributed by atoms with Gasteiger partial charge in [-0.3, -0.25) is 5.32 Å². The highest BCUT2D eigenvalue weighted by molar-refractivity contribution is 5.86. The molecule has 1 amide bonds. The SMILES string of the molecule is Cc1ccc(CCCN)cc1NC(=O)OC(C)(C)C. The Hall–Kier alpha value is -1.55. The average molecular weight is 264 g/mol. The van der Waals surface area contributed by atoms with E-state index in [-0.39, 0.29) is 0 Å². The molecule has 106 valence electrons. The van der Waals surface area contributed by atoms with Crippen LogP contribution in [0.5, 0.6) is 0 Å². The number of hydrogen-bond acceptors (Lipinski definition) is 3. The third-order valence-corrected chi connectivity index (χ3v) is 2.61. The second-order valence-electron chi connectivity index (χ2n) is 5.67. The molecular weight excluding hydrogens is 240 g/mol. The molecule has 1 rings (SSSR count). The van der Waals surface area contributed by atoms with Gasteiger partial charge in [-0.1, -0.05) is 12.1 Å². The molecule has 0 aliphatic carbocycles. The normalized spacial score (nSPS) is 11.2. The molecule has 0 atom stereocenters. The number of carbonyl (C=O) groups excluding carboxylic acids is 1. The van der Waals surface area contributed by atoms with Crippen molar-refractivity contribution in [1.29, 1.82) is 0 Å². The zero-order valence-corrected chi connectivity index (χ0v) is 12.2. The van der Waals surface area contributed by atoms with Crippen molar-refractivity contribution in [2.75, 3.05) is 11.9 Å². The zero-order chi connectivity index (χ0) is 14.5. The second-order valence-corrected chi connectivity index (χ2v) is 5.67. The van der Waals surface area contributed by atoms with E-state index in [1.54, 1.807) is 0 Å². The second kappa shape index (κ2) is 6.57. The molecule has 3 N–H and O–H groups in total. The van der Waals surface area contributed by atoms with E-state index in [0.29, 0.717) is 6.54 Å².